The molecule has 7 nitrogen and oxygen atoms in total. The second kappa shape index (κ2) is 15.4. The number of amides is 1. The van der Waals surface area contributed by atoms with Gasteiger partial charge in [0.2, 0.25) is 0 Å². The summed E-state index contributed by atoms with van der Waals surface area (Å²) in [6.07, 6.45) is 0.711. The van der Waals surface area contributed by atoms with Gasteiger partial charge in [0.05, 0.1) is 18.5 Å². The van der Waals surface area contributed by atoms with E-state index in [-0.39, 0.29) is 18.3 Å². The van der Waals surface area contributed by atoms with Crippen LogP contribution in [0.15, 0.2) is 66.7 Å². The van der Waals surface area contributed by atoms with Gasteiger partial charge in [0, 0.05) is 17.6 Å². The van der Waals surface area contributed by atoms with Gasteiger partial charge in [-0.15, -0.1) is 0 Å². The van der Waals surface area contributed by atoms with Crippen molar-refractivity contribution >= 4 is 33.5 Å². The van der Waals surface area contributed by atoms with Crippen molar-refractivity contribution in [1.29, 1.82) is 0 Å². The molecule has 0 saturated heterocycles. The SMILES string of the molecule is CCSCC(OCc1ccc(C(=O)NC(CCS(C)(=O)=O)C(=O)O)c(-c2ccccc2C)c1)c1cccc(C(C)C)c1. The molecule has 0 bridgehead atoms. The number of carboxylic acids is 1. The van der Waals surface area contributed by atoms with Crippen LogP contribution in [-0.2, 0) is 26.0 Å². The maximum Gasteiger partial charge on any atom is 0.326 e. The zero-order chi connectivity index (χ0) is 30.9. The van der Waals surface area contributed by atoms with E-state index in [1.165, 1.54) is 5.56 Å². The van der Waals surface area contributed by atoms with Crippen LogP contribution >= 0.6 is 11.8 Å². The summed E-state index contributed by atoms with van der Waals surface area (Å²) in [5, 5.41) is 12.2. The van der Waals surface area contributed by atoms with Crippen LogP contribution in [0.2, 0.25) is 0 Å². The van der Waals surface area contributed by atoms with E-state index in [4.69, 9.17) is 4.74 Å². The number of carboxylic acid groups (broad SMARTS) is 1. The fourth-order valence-corrected chi connectivity index (χ4v) is 5.99. The Hall–Kier alpha value is -3.14. The number of ether oxygens (including phenoxy) is 1. The van der Waals surface area contributed by atoms with Gasteiger partial charge < -0.3 is 15.2 Å². The molecule has 42 heavy (non-hydrogen) atoms. The van der Waals surface area contributed by atoms with E-state index in [0.717, 1.165) is 40.0 Å². The molecule has 2 atom stereocenters. The minimum absolute atomic E-state index is 0.107. The monoisotopic (exact) mass is 611 g/mol. The van der Waals surface area contributed by atoms with Crippen molar-refractivity contribution in [2.45, 2.75) is 58.8 Å². The van der Waals surface area contributed by atoms with Crippen molar-refractivity contribution < 1.29 is 27.9 Å². The van der Waals surface area contributed by atoms with Gasteiger partial charge in [0.25, 0.3) is 5.91 Å². The lowest BCUT2D eigenvalue weighted by Gasteiger charge is -2.21. The molecule has 0 radical (unpaired) electrons. The summed E-state index contributed by atoms with van der Waals surface area (Å²) in [6, 6.07) is 20.3. The lowest BCUT2D eigenvalue weighted by atomic mass is 9.93. The summed E-state index contributed by atoms with van der Waals surface area (Å²) in [5.41, 5.74) is 6.03. The number of carbonyl (C=O) groups is 2. The summed E-state index contributed by atoms with van der Waals surface area (Å²) in [5.74, 6) is -0.00845. The van der Waals surface area contributed by atoms with Crippen LogP contribution in [-0.4, -0.2) is 55.0 Å². The van der Waals surface area contributed by atoms with Gasteiger partial charge in [-0.3, -0.25) is 4.79 Å². The molecule has 0 aliphatic carbocycles. The largest absolute Gasteiger partial charge is 0.480 e. The minimum atomic E-state index is -3.39. The van der Waals surface area contributed by atoms with Gasteiger partial charge in [-0.05, 0) is 70.5 Å². The van der Waals surface area contributed by atoms with Crippen LogP contribution in [0.5, 0.6) is 0 Å². The summed E-state index contributed by atoms with van der Waals surface area (Å²) in [6.45, 7) is 8.75. The highest BCUT2D eigenvalue weighted by Gasteiger charge is 2.24. The van der Waals surface area contributed by atoms with Crippen LogP contribution in [0.25, 0.3) is 11.1 Å². The Morgan fingerprint density at radius 2 is 1.69 bits per heavy atom. The Balaban J connectivity index is 1.92. The van der Waals surface area contributed by atoms with E-state index in [0.29, 0.717) is 23.7 Å². The maximum atomic E-state index is 13.4. The topological polar surface area (TPSA) is 110 Å². The Kier molecular flexibility index (Phi) is 12.2. The molecule has 0 spiro atoms. The summed E-state index contributed by atoms with van der Waals surface area (Å²) < 4.78 is 29.7. The van der Waals surface area contributed by atoms with Gasteiger partial charge in [0.15, 0.2) is 0 Å². The lowest BCUT2D eigenvalue weighted by Crippen LogP contribution is -2.42. The zero-order valence-corrected chi connectivity index (χ0v) is 26.6. The van der Waals surface area contributed by atoms with E-state index in [1.54, 1.807) is 6.07 Å². The highest BCUT2D eigenvalue weighted by molar-refractivity contribution is 7.99. The fraction of sp³-hybridized carbons (Fsp3) is 0.394. The smallest absolute Gasteiger partial charge is 0.326 e. The fourth-order valence-electron chi connectivity index (χ4n) is 4.58. The molecule has 2 unspecified atom stereocenters. The summed E-state index contributed by atoms with van der Waals surface area (Å²) in [4.78, 5) is 25.2. The first-order valence-electron chi connectivity index (χ1n) is 14.1. The normalized spacial score (nSPS) is 13.1. The molecule has 226 valence electrons. The number of rotatable bonds is 15. The van der Waals surface area contributed by atoms with Crippen molar-refractivity contribution in [2.75, 3.05) is 23.5 Å². The Bertz CT molecular complexity index is 1490. The minimum Gasteiger partial charge on any atom is -0.480 e. The predicted octanol–water partition coefficient (Wildman–Crippen LogP) is 6.41. The molecule has 0 aromatic heterocycles. The molecule has 1 amide bonds. The molecule has 0 aliphatic rings. The molecular formula is C33H41NO6S2. The number of thioether (sulfide) groups is 1. The Morgan fingerprint density at radius 1 is 0.976 bits per heavy atom. The summed E-state index contributed by atoms with van der Waals surface area (Å²) >= 11 is 1.82. The van der Waals surface area contributed by atoms with Crippen LogP contribution < -0.4 is 5.32 Å². The van der Waals surface area contributed by atoms with Gasteiger partial charge in [-0.1, -0.05) is 75.4 Å². The van der Waals surface area contributed by atoms with E-state index in [9.17, 15) is 23.1 Å². The number of benzene rings is 3. The molecule has 0 aliphatic heterocycles. The number of aliphatic carboxylic acids is 1. The first-order valence-corrected chi connectivity index (χ1v) is 17.3. The van der Waals surface area contributed by atoms with Crippen molar-refractivity contribution in [3.05, 3.63) is 94.5 Å². The third kappa shape index (κ3) is 9.71. The van der Waals surface area contributed by atoms with Crippen LogP contribution in [0.3, 0.4) is 0 Å². The second-order valence-corrected chi connectivity index (χ2v) is 14.3. The molecule has 0 fully saturated rings. The van der Waals surface area contributed by atoms with Crippen molar-refractivity contribution in [3.63, 3.8) is 0 Å². The number of hydrogen-bond donors (Lipinski definition) is 2. The Morgan fingerprint density at radius 3 is 2.33 bits per heavy atom. The average Bonchev–Trinajstić information content (AvgIpc) is 2.94. The first-order chi connectivity index (χ1) is 19.9. The second-order valence-electron chi connectivity index (χ2n) is 10.8. The molecule has 3 aromatic rings. The number of sulfone groups is 1. The van der Waals surface area contributed by atoms with E-state index in [1.807, 2.05) is 55.1 Å². The highest BCUT2D eigenvalue weighted by atomic mass is 32.2. The molecule has 9 heteroatoms. The zero-order valence-electron chi connectivity index (χ0n) is 24.9. The number of nitrogens with one attached hydrogen (secondary N) is 1. The third-order valence-corrected chi connectivity index (χ3v) is 8.94. The first kappa shape index (κ1) is 33.4. The molecule has 0 heterocycles. The van der Waals surface area contributed by atoms with Crippen molar-refractivity contribution in [1.82, 2.24) is 5.32 Å². The van der Waals surface area contributed by atoms with Crippen LogP contribution in [0.4, 0.5) is 0 Å². The predicted molar refractivity (Wildman–Crippen MR) is 171 cm³/mol. The highest BCUT2D eigenvalue weighted by Crippen LogP contribution is 2.31. The number of carbonyl (C=O) groups excluding carboxylic acids is 1. The molecule has 3 aromatic carbocycles. The van der Waals surface area contributed by atoms with Gasteiger partial charge in [0.1, 0.15) is 15.9 Å². The van der Waals surface area contributed by atoms with Gasteiger partial charge in [-0.2, -0.15) is 11.8 Å². The van der Waals surface area contributed by atoms with Gasteiger partial charge >= 0.3 is 5.97 Å². The quantitative estimate of drug-likeness (QED) is 0.204. The maximum absolute atomic E-state index is 13.4. The van der Waals surface area contributed by atoms with E-state index >= 15 is 0 Å². The van der Waals surface area contributed by atoms with E-state index < -0.39 is 27.8 Å². The molecule has 0 saturated carbocycles. The molecule has 2 N–H and O–H groups in total. The Labute approximate surface area is 254 Å². The average molecular weight is 612 g/mol. The van der Waals surface area contributed by atoms with Crippen molar-refractivity contribution in [3.8, 4) is 11.1 Å². The third-order valence-electron chi connectivity index (χ3n) is 7.02. The van der Waals surface area contributed by atoms with Gasteiger partial charge in [-0.25, -0.2) is 13.2 Å². The van der Waals surface area contributed by atoms with Crippen molar-refractivity contribution in [2.24, 2.45) is 0 Å². The summed E-state index contributed by atoms with van der Waals surface area (Å²) in [7, 11) is -3.39. The lowest BCUT2D eigenvalue weighted by molar-refractivity contribution is -0.139. The molecule has 3 rings (SSSR count). The van der Waals surface area contributed by atoms with Crippen LogP contribution in [0, 0.1) is 6.92 Å². The van der Waals surface area contributed by atoms with E-state index in [2.05, 4.69) is 50.4 Å². The number of aryl methyl sites for hydroxylation is 1. The number of hydrogen-bond acceptors (Lipinski definition) is 6. The molecular weight excluding hydrogens is 570 g/mol. The standard InChI is InChI=1S/C33H41NO6S2/c1-6-41-21-31(26-12-9-11-25(19-26)22(2)3)40-20-24-14-15-28(29(18-24)27-13-8-7-10-23(27)4)32(35)34-30(33(36)37)16-17-42(5,38)39/h7-15,18-19,22,30-31H,6,16-17,20-21H2,1-5H3,(H,34,35)(H,36,37). The van der Waals surface area contributed by atoms with Crippen LogP contribution in [0.1, 0.15) is 71.8 Å².